The van der Waals surface area contributed by atoms with E-state index in [-0.39, 0.29) is 0 Å². The van der Waals surface area contributed by atoms with E-state index in [0.29, 0.717) is 12.6 Å². The number of ether oxygens (including phenoxy) is 1. The van der Waals surface area contributed by atoms with Crippen LogP contribution in [0.5, 0.6) is 0 Å². The molecule has 1 atom stereocenters. The van der Waals surface area contributed by atoms with Crippen molar-refractivity contribution >= 4 is 11.8 Å². The number of nitrogens with two attached hydrogens (primary N) is 1. The van der Waals surface area contributed by atoms with Crippen LogP contribution in [0.3, 0.4) is 0 Å². The third kappa shape index (κ3) is 3.43. The zero-order valence-electron chi connectivity index (χ0n) is 10.3. The van der Waals surface area contributed by atoms with E-state index in [1.807, 2.05) is 6.92 Å². The Balaban J connectivity index is 1.81. The van der Waals surface area contributed by atoms with Crippen molar-refractivity contribution in [1.29, 1.82) is 0 Å². The van der Waals surface area contributed by atoms with E-state index in [4.69, 9.17) is 10.5 Å². The lowest BCUT2D eigenvalue weighted by Gasteiger charge is -2.09. The molecular formula is C11H20N4OS. The van der Waals surface area contributed by atoms with Crippen LogP contribution in [-0.2, 0) is 11.3 Å². The van der Waals surface area contributed by atoms with E-state index in [2.05, 4.69) is 14.8 Å². The predicted octanol–water partition coefficient (Wildman–Crippen LogP) is 1.21. The second kappa shape index (κ2) is 6.37. The highest BCUT2D eigenvalue weighted by Gasteiger charge is 2.16. The van der Waals surface area contributed by atoms with Crippen LogP contribution in [0.1, 0.15) is 25.1 Å². The number of rotatable bonds is 6. The molecule has 1 aromatic heterocycles. The smallest absolute Gasteiger partial charge is 0.191 e. The van der Waals surface area contributed by atoms with E-state index in [1.165, 1.54) is 12.8 Å². The molecule has 6 heteroatoms. The molecule has 17 heavy (non-hydrogen) atoms. The van der Waals surface area contributed by atoms with Crippen molar-refractivity contribution in [1.82, 2.24) is 14.8 Å². The Morgan fingerprint density at radius 2 is 2.41 bits per heavy atom. The van der Waals surface area contributed by atoms with Gasteiger partial charge in [-0.15, -0.1) is 10.2 Å². The summed E-state index contributed by atoms with van der Waals surface area (Å²) >= 11 is 1.75. The Labute approximate surface area is 106 Å². The van der Waals surface area contributed by atoms with Gasteiger partial charge in [-0.25, -0.2) is 0 Å². The first-order valence-corrected chi connectivity index (χ1v) is 7.14. The van der Waals surface area contributed by atoms with Crippen molar-refractivity contribution in [3.05, 3.63) is 5.82 Å². The van der Waals surface area contributed by atoms with Crippen molar-refractivity contribution in [2.45, 2.75) is 44.0 Å². The van der Waals surface area contributed by atoms with Gasteiger partial charge < -0.3 is 15.0 Å². The van der Waals surface area contributed by atoms with Crippen molar-refractivity contribution in [3.8, 4) is 0 Å². The minimum absolute atomic E-state index is 0.453. The van der Waals surface area contributed by atoms with Crippen LogP contribution >= 0.6 is 11.8 Å². The molecule has 0 aromatic carbocycles. The van der Waals surface area contributed by atoms with E-state index in [1.54, 1.807) is 11.8 Å². The van der Waals surface area contributed by atoms with Crippen LogP contribution in [-0.4, -0.2) is 39.8 Å². The molecule has 0 spiro atoms. The molecule has 1 fully saturated rings. The average Bonchev–Trinajstić information content (AvgIpc) is 2.93. The molecule has 0 bridgehead atoms. The molecule has 2 rings (SSSR count). The van der Waals surface area contributed by atoms with Crippen LogP contribution in [0.2, 0.25) is 0 Å². The largest absolute Gasteiger partial charge is 0.378 e. The Morgan fingerprint density at radius 1 is 1.53 bits per heavy atom. The maximum absolute atomic E-state index is 5.60. The molecule has 2 N–H and O–H groups in total. The molecule has 1 aliphatic rings. The number of aryl methyl sites for hydroxylation is 1. The molecule has 1 unspecified atom stereocenters. The van der Waals surface area contributed by atoms with Crippen molar-refractivity contribution < 1.29 is 4.74 Å². The molecule has 0 saturated carbocycles. The van der Waals surface area contributed by atoms with Crippen molar-refractivity contribution in [2.75, 3.05) is 18.9 Å². The third-order valence-corrected chi connectivity index (χ3v) is 3.95. The minimum atomic E-state index is 0.453. The van der Waals surface area contributed by atoms with Crippen LogP contribution in [0.4, 0.5) is 0 Å². The first-order valence-electron chi connectivity index (χ1n) is 6.15. The summed E-state index contributed by atoms with van der Waals surface area (Å²) in [7, 11) is 0. The van der Waals surface area contributed by atoms with E-state index in [9.17, 15) is 0 Å². The first kappa shape index (κ1) is 12.9. The van der Waals surface area contributed by atoms with Gasteiger partial charge in [0.05, 0.1) is 6.10 Å². The van der Waals surface area contributed by atoms with Gasteiger partial charge in [0.15, 0.2) is 5.16 Å². The van der Waals surface area contributed by atoms with Gasteiger partial charge in [0.25, 0.3) is 0 Å². The number of aromatic nitrogens is 3. The Bertz CT molecular complexity index is 349. The molecule has 1 aliphatic heterocycles. The van der Waals surface area contributed by atoms with Crippen molar-refractivity contribution in [3.63, 3.8) is 0 Å². The van der Waals surface area contributed by atoms with Gasteiger partial charge in [-0.05, 0) is 26.2 Å². The Hall–Kier alpha value is -0.590. The fraction of sp³-hybridized carbons (Fsp3) is 0.818. The highest BCUT2D eigenvalue weighted by Crippen LogP contribution is 2.22. The topological polar surface area (TPSA) is 66.0 Å². The average molecular weight is 256 g/mol. The van der Waals surface area contributed by atoms with Crippen LogP contribution < -0.4 is 5.73 Å². The van der Waals surface area contributed by atoms with Gasteiger partial charge in [-0.2, -0.15) is 0 Å². The van der Waals surface area contributed by atoms with Gasteiger partial charge in [0.1, 0.15) is 5.82 Å². The molecule has 0 amide bonds. The van der Waals surface area contributed by atoms with Gasteiger partial charge >= 0.3 is 0 Å². The molecule has 1 aromatic rings. The van der Waals surface area contributed by atoms with Gasteiger partial charge in [0, 0.05) is 25.4 Å². The molecule has 1 saturated heterocycles. The number of thioether (sulfide) groups is 1. The summed E-state index contributed by atoms with van der Waals surface area (Å²) in [4.78, 5) is 0. The molecular weight excluding hydrogens is 236 g/mol. The SMILES string of the molecule is Cc1nnc(SCCC2CCCO2)n1CCN. The summed E-state index contributed by atoms with van der Waals surface area (Å²) in [6.45, 7) is 4.31. The fourth-order valence-corrected chi connectivity index (χ4v) is 3.05. The van der Waals surface area contributed by atoms with E-state index in [0.717, 1.165) is 36.3 Å². The van der Waals surface area contributed by atoms with Crippen LogP contribution in [0.15, 0.2) is 5.16 Å². The second-order valence-corrected chi connectivity index (χ2v) is 5.30. The monoisotopic (exact) mass is 256 g/mol. The van der Waals surface area contributed by atoms with E-state index >= 15 is 0 Å². The van der Waals surface area contributed by atoms with E-state index < -0.39 is 0 Å². The van der Waals surface area contributed by atoms with Crippen molar-refractivity contribution in [2.24, 2.45) is 5.73 Å². The molecule has 0 aliphatic carbocycles. The summed E-state index contributed by atoms with van der Waals surface area (Å²) < 4.78 is 7.68. The summed E-state index contributed by atoms with van der Waals surface area (Å²) in [5.41, 5.74) is 5.58. The summed E-state index contributed by atoms with van der Waals surface area (Å²) in [5.74, 6) is 1.97. The quantitative estimate of drug-likeness (QED) is 0.775. The zero-order chi connectivity index (χ0) is 12.1. The molecule has 2 heterocycles. The molecule has 96 valence electrons. The molecule has 0 radical (unpaired) electrons. The highest BCUT2D eigenvalue weighted by atomic mass is 32.2. The summed E-state index contributed by atoms with van der Waals surface area (Å²) in [6.07, 6.45) is 3.96. The fourth-order valence-electron chi connectivity index (χ4n) is 2.01. The van der Waals surface area contributed by atoms with Crippen LogP contribution in [0.25, 0.3) is 0 Å². The normalized spacial score (nSPS) is 20.0. The van der Waals surface area contributed by atoms with Crippen LogP contribution in [0, 0.1) is 6.92 Å². The lowest BCUT2D eigenvalue weighted by Crippen LogP contribution is -2.12. The second-order valence-electron chi connectivity index (χ2n) is 4.24. The summed E-state index contributed by atoms with van der Waals surface area (Å²) in [6, 6.07) is 0. The maximum Gasteiger partial charge on any atom is 0.191 e. The van der Waals surface area contributed by atoms with Gasteiger partial charge in [-0.3, -0.25) is 0 Å². The number of hydrogen-bond donors (Lipinski definition) is 1. The van der Waals surface area contributed by atoms with Gasteiger partial charge in [0.2, 0.25) is 0 Å². The standard InChI is InChI=1S/C11H20N4OS/c1-9-13-14-11(15(9)6-5-12)17-8-4-10-3-2-7-16-10/h10H,2-8,12H2,1H3. The predicted molar refractivity (Wildman–Crippen MR) is 68.1 cm³/mol. The lowest BCUT2D eigenvalue weighted by molar-refractivity contribution is 0.109. The highest BCUT2D eigenvalue weighted by molar-refractivity contribution is 7.99. The van der Waals surface area contributed by atoms with Gasteiger partial charge in [-0.1, -0.05) is 11.8 Å². The molecule has 5 nitrogen and oxygen atoms in total. The number of hydrogen-bond acceptors (Lipinski definition) is 5. The Morgan fingerprint density at radius 3 is 3.12 bits per heavy atom. The number of nitrogens with zero attached hydrogens (tertiary/aromatic N) is 3. The minimum Gasteiger partial charge on any atom is -0.378 e. The third-order valence-electron chi connectivity index (χ3n) is 2.95. The zero-order valence-corrected chi connectivity index (χ0v) is 11.1. The Kier molecular flexibility index (Phi) is 4.82. The first-order chi connectivity index (χ1) is 8.31. The summed E-state index contributed by atoms with van der Waals surface area (Å²) in [5, 5.41) is 9.25. The maximum atomic E-state index is 5.60. The lowest BCUT2D eigenvalue weighted by atomic mass is 10.2.